The van der Waals surface area contributed by atoms with Gasteiger partial charge in [0.15, 0.2) is 0 Å². The zero-order valence-corrected chi connectivity index (χ0v) is 11.9. The lowest BCUT2D eigenvalue weighted by molar-refractivity contribution is 0.322. The Labute approximate surface area is 117 Å². The zero-order chi connectivity index (χ0) is 13.8. The third-order valence-corrected chi connectivity index (χ3v) is 3.85. The van der Waals surface area contributed by atoms with Crippen LogP contribution in [0, 0.1) is 0 Å². The van der Waals surface area contributed by atoms with E-state index in [1.807, 2.05) is 0 Å². The maximum Gasteiger partial charge on any atom is 0.287 e. The van der Waals surface area contributed by atoms with Crippen LogP contribution in [0.2, 0.25) is 5.02 Å². The molecular weight excluding hydrogens is 264 g/mol. The van der Waals surface area contributed by atoms with E-state index in [9.17, 15) is 4.79 Å². The van der Waals surface area contributed by atoms with Gasteiger partial charge in [-0.1, -0.05) is 17.7 Å². The SMILES string of the molecule is C=CCn1ncc(NCC2CCCN2C)c(Cl)c1=O. The first kappa shape index (κ1) is 14.1. The van der Waals surface area contributed by atoms with Gasteiger partial charge in [0.2, 0.25) is 0 Å². The lowest BCUT2D eigenvalue weighted by atomic mass is 10.2. The lowest BCUT2D eigenvalue weighted by Gasteiger charge is -2.20. The summed E-state index contributed by atoms with van der Waals surface area (Å²) in [5, 5.41) is 7.48. The van der Waals surface area contributed by atoms with Crippen LogP contribution in [-0.2, 0) is 6.54 Å². The van der Waals surface area contributed by atoms with Crippen molar-refractivity contribution in [3.63, 3.8) is 0 Å². The smallest absolute Gasteiger partial charge is 0.287 e. The van der Waals surface area contributed by atoms with E-state index in [-0.39, 0.29) is 10.6 Å². The molecule has 0 saturated carbocycles. The zero-order valence-electron chi connectivity index (χ0n) is 11.1. The van der Waals surface area contributed by atoms with E-state index in [0.717, 1.165) is 13.1 Å². The number of aromatic nitrogens is 2. The van der Waals surface area contributed by atoms with Crippen LogP contribution in [0.15, 0.2) is 23.6 Å². The minimum absolute atomic E-state index is 0.192. The summed E-state index contributed by atoms with van der Waals surface area (Å²) < 4.78 is 1.29. The third kappa shape index (κ3) is 3.16. The predicted octanol–water partition coefficient (Wildman–Crippen LogP) is 1.59. The molecule has 19 heavy (non-hydrogen) atoms. The minimum atomic E-state index is -0.286. The average molecular weight is 283 g/mol. The number of halogens is 1. The van der Waals surface area contributed by atoms with E-state index in [1.165, 1.54) is 17.5 Å². The van der Waals surface area contributed by atoms with E-state index in [1.54, 1.807) is 12.3 Å². The van der Waals surface area contributed by atoms with Crippen molar-refractivity contribution in [2.45, 2.75) is 25.4 Å². The number of hydrogen-bond donors (Lipinski definition) is 1. The highest BCUT2D eigenvalue weighted by atomic mass is 35.5. The molecular formula is C13H19ClN4O. The van der Waals surface area contributed by atoms with Crippen LogP contribution in [0.4, 0.5) is 5.69 Å². The summed E-state index contributed by atoms with van der Waals surface area (Å²) in [7, 11) is 2.11. The minimum Gasteiger partial charge on any atom is -0.381 e. The van der Waals surface area contributed by atoms with E-state index >= 15 is 0 Å². The number of hydrogen-bond acceptors (Lipinski definition) is 4. The molecule has 1 saturated heterocycles. The maximum atomic E-state index is 11.9. The van der Waals surface area contributed by atoms with E-state index in [2.05, 4.69) is 28.9 Å². The Hall–Kier alpha value is -1.33. The van der Waals surface area contributed by atoms with Gasteiger partial charge in [0.05, 0.1) is 18.4 Å². The summed E-state index contributed by atoms with van der Waals surface area (Å²) in [6.07, 6.45) is 5.60. The molecule has 0 bridgehead atoms. The van der Waals surface area contributed by atoms with Crippen molar-refractivity contribution in [2.24, 2.45) is 0 Å². The molecule has 1 fully saturated rings. The summed E-state index contributed by atoms with van der Waals surface area (Å²) >= 11 is 6.07. The van der Waals surface area contributed by atoms with Crippen molar-refractivity contribution in [2.75, 3.05) is 25.5 Å². The Morgan fingerprint density at radius 3 is 3.11 bits per heavy atom. The second-order valence-electron chi connectivity index (χ2n) is 4.81. The molecule has 2 heterocycles. The molecule has 0 radical (unpaired) electrons. The molecule has 104 valence electrons. The number of nitrogens with one attached hydrogen (secondary N) is 1. The summed E-state index contributed by atoms with van der Waals surface area (Å²) in [5.74, 6) is 0. The van der Waals surface area contributed by atoms with Gasteiger partial charge in [-0.05, 0) is 26.4 Å². The molecule has 1 atom stereocenters. The van der Waals surface area contributed by atoms with Gasteiger partial charge in [0.25, 0.3) is 5.56 Å². The van der Waals surface area contributed by atoms with Gasteiger partial charge in [0.1, 0.15) is 5.02 Å². The van der Waals surface area contributed by atoms with Gasteiger partial charge in [-0.15, -0.1) is 6.58 Å². The van der Waals surface area contributed by atoms with Crippen molar-refractivity contribution in [1.82, 2.24) is 14.7 Å². The van der Waals surface area contributed by atoms with Crippen LogP contribution >= 0.6 is 11.6 Å². The third-order valence-electron chi connectivity index (χ3n) is 3.49. The van der Waals surface area contributed by atoms with Gasteiger partial charge in [-0.2, -0.15) is 5.10 Å². The van der Waals surface area contributed by atoms with Crippen molar-refractivity contribution in [3.8, 4) is 0 Å². The standard InChI is InChI=1S/C13H19ClN4O/c1-3-6-18-13(19)12(14)11(9-16-18)15-8-10-5-4-7-17(10)2/h3,9-10,15H,1,4-8H2,2H3. The van der Waals surface area contributed by atoms with Crippen molar-refractivity contribution in [3.05, 3.63) is 34.2 Å². The Kier molecular flexibility index (Phi) is 4.61. The van der Waals surface area contributed by atoms with Gasteiger partial charge < -0.3 is 10.2 Å². The van der Waals surface area contributed by atoms with Gasteiger partial charge >= 0.3 is 0 Å². The summed E-state index contributed by atoms with van der Waals surface area (Å²) in [6.45, 7) is 5.85. The first-order chi connectivity index (χ1) is 9.13. The normalized spacial score (nSPS) is 19.6. The molecule has 1 aliphatic heterocycles. The molecule has 2 rings (SSSR count). The monoisotopic (exact) mass is 282 g/mol. The van der Waals surface area contributed by atoms with E-state index < -0.39 is 0 Å². The fraction of sp³-hybridized carbons (Fsp3) is 0.538. The van der Waals surface area contributed by atoms with Crippen molar-refractivity contribution in [1.29, 1.82) is 0 Å². The summed E-state index contributed by atoms with van der Waals surface area (Å²) in [5.41, 5.74) is 0.318. The molecule has 1 N–H and O–H groups in total. The molecule has 1 aromatic heterocycles. The maximum absolute atomic E-state index is 11.9. The van der Waals surface area contributed by atoms with Crippen LogP contribution in [0.3, 0.4) is 0 Å². The van der Waals surface area contributed by atoms with Crippen LogP contribution < -0.4 is 10.9 Å². The number of allylic oxidation sites excluding steroid dienone is 1. The molecule has 1 aliphatic rings. The first-order valence-corrected chi connectivity index (χ1v) is 6.82. The van der Waals surface area contributed by atoms with Crippen LogP contribution in [0.25, 0.3) is 0 Å². The quantitative estimate of drug-likeness (QED) is 0.834. The summed E-state index contributed by atoms with van der Waals surface area (Å²) in [6, 6.07) is 0.492. The fourth-order valence-corrected chi connectivity index (χ4v) is 2.52. The van der Waals surface area contributed by atoms with Crippen LogP contribution in [0.5, 0.6) is 0 Å². The Morgan fingerprint density at radius 2 is 2.47 bits per heavy atom. The molecule has 1 unspecified atom stereocenters. The molecule has 0 aromatic carbocycles. The van der Waals surface area contributed by atoms with Crippen LogP contribution in [0.1, 0.15) is 12.8 Å². The second-order valence-corrected chi connectivity index (χ2v) is 5.18. The Morgan fingerprint density at radius 1 is 1.68 bits per heavy atom. The highest BCUT2D eigenvalue weighted by Gasteiger charge is 2.20. The molecule has 0 amide bonds. The number of rotatable bonds is 5. The number of likely N-dealkylation sites (tertiary alicyclic amines) is 1. The van der Waals surface area contributed by atoms with Gasteiger partial charge in [0, 0.05) is 12.6 Å². The summed E-state index contributed by atoms with van der Waals surface area (Å²) in [4.78, 5) is 14.2. The second kappa shape index (κ2) is 6.21. The highest BCUT2D eigenvalue weighted by Crippen LogP contribution is 2.18. The first-order valence-electron chi connectivity index (χ1n) is 6.44. The fourth-order valence-electron chi connectivity index (χ4n) is 2.31. The van der Waals surface area contributed by atoms with Crippen molar-refractivity contribution >= 4 is 17.3 Å². The van der Waals surface area contributed by atoms with Crippen LogP contribution in [-0.4, -0.2) is 40.9 Å². The van der Waals surface area contributed by atoms with Gasteiger partial charge in [-0.25, -0.2) is 4.68 Å². The predicted molar refractivity (Wildman–Crippen MR) is 77.8 cm³/mol. The van der Waals surface area contributed by atoms with Crippen molar-refractivity contribution < 1.29 is 0 Å². The van der Waals surface area contributed by atoms with E-state index in [4.69, 9.17) is 11.6 Å². The molecule has 6 heteroatoms. The largest absolute Gasteiger partial charge is 0.381 e. The number of anilines is 1. The molecule has 0 aliphatic carbocycles. The Bertz CT molecular complexity index is 514. The van der Waals surface area contributed by atoms with E-state index in [0.29, 0.717) is 18.3 Å². The number of likely N-dealkylation sites (N-methyl/N-ethyl adjacent to an activating group) is 1. The molecule has 0 spiro atoms. The Balaban J connectivity index is 2.06. The average Bonchev–Trinajstić information content (AvgIpc) is 2.80. The van der Waals surface area contributed by atoms with Gasteiger partial charge in [-0.3, -0.25) is 4.79 Å². The lowest BCUT2D eigenvalue weighted by Crippen LogP contribution is -2.32. The molecule has 5 nitrogen and oxygen atoms in total. The number of nitrogens with zero attached hydrogens (tertiary/aromatic N) is 3. The highest BCUT2D eigenvalue weighted by molar-refractivity contribution is 6.32. The topological polar surface area (TPSA) is 50.2 Å². The molecule has 1 aromatic rings.